The van der Waals surface area contributed by atoms with Crippen LogP contribution in [0.3, 0.4) is 0 Å². The molecule has 1 heterocycles. The standard InChI is InChI=1S/C20H31NO3.C17H23N3O.C9H13NO2/c1-3-21(4-2)14-15-23-16-17-24-19(22)20(12-8-9-13-20)18-10-6-5-7-11-18;1-19(2)12-13-20(17-6-4-5-11-18-17)14-15-7-9-16(21-3)10-8-15;1-10-6-9(12)7-3-2-4-8(11)5-7/h5-7,10-11H,3-4,8-9,12-17H2,1-2H3;4-11H,12-14H2,1-3H3;2-5,9-12H,6H2,1H3/t;;9-/m..0/s1. The Hall–Kier alpha value is -4.52. The number of phenols is 1. The molecule has 0 aliphatic heterocycles. The number of hydrogen-bond donors (Lipinski definition) is 3. The molecule has 1 aromatic heterocycles. The molecule has 1 atom stereocenters. The average molecular weight is 786 g/mol. The molecule has 3 N–H and O–H groups in total. The molecule has 0 bridgehead atoms. The molecule has 1 aliphatic rings. The number of aliphatic hydroxyl groups is 1. The summed E-state index contributed by atoms with van der Waals surface area (Å²) < 4.78 is 16.4. The number of phenolic OH excluding ortho intramolecular Hbond substituents is 1. The molecular formula is C46H67N5O6. The summed E-state index contributed by atoms with van der Waals surface area (Å²) in [6, 6.07) is 30.9. The van der Waals surface area contributed by atoms with Gasteiger partial charge in [0.1, 0.15) is 23.9 Å². The number of pyridine rings is 1. The molecule has 0 radical (unpaired) electrons. The highest BCUT2D eigenvalue weighted by Crippen LogP contribution is 2.42. The smallest absolute Gasteiger partial charge is 0.316 e. The van der Waals surface area contributed by atoms with Crippen molar-refractivity contribution in [3.63, 3.8) is 0 Å². The molecule has 1 aliphatic carbocycles. The van der Waals surface area contributed by atoms with Crippen molar-refractivity contribution in [1.29, 1.82) is 0 Å². The Morgan fingerprint density at radius 2 is 1.56 bits per heavy atom. The summed E-state index contributed by atoms with van der Waals surface area (Å²) in [4.78, 5) is 24.0. The summed E-state index contributed by atoms with van der Waals surface area (Å²) in [7, 11) is 7.63. The Bertz CT molecular complexity index is 1630. The van der Waals surface area contributed by atoms with Crippen LogP contribution in [0.2, 0.25) is 0 Å². The van der Waals surface area contributed by atoms with E-state index in [2.05, 4.69) is 71.1 Å². The molecule has 3 aromatic carbocycles. The van der Waals surface area contributed by atoms with Gasteiger partial charge >= 0.3 is 5.97 Å². The van der Waals surface area contributed by atoms with E-state index in [1.165, 1.54) is 5.56 Å². The average Bonchev–Trinajstić information content (AvgIpc) is 3.75. The normalized spacial score (nSPS) is 13.6. The van der Waals surface area contributed by atoms with Crippen LogP contribution in [0.5, 0.6) is 11.5 Å². The molecule has 1 saturated carbocycles. The van der Waals surface area contributed by atoms with Crippen molar-refractivity contribution in [2.75, 3.05) is 92.2 Å². The Labute approximate surface area is 341 Å². The minimum absolute atomic E-state index is 0.0847. The fraction of sp³-hybridized carbons (Fsp3) is 0.478. The van der Waals surface area contributed by atoms with E-state index in [9.17, 15) is 9.90 Å². The third kappa shape index (κ3) is 16.5. The number of benzene rings is 3. The summed E-state index contributed by atoms with van der Waals surface area (Å²) in [5, 5.41) is 21.4. The van der Waals surface area contributed by atoms with Gasteiger partial charge in [0, 0.05) is 38.9 Å². The first-order chi connectivity index (χ1) is 27.6. The number of carbonyl (C=O) groups excluding carboxylic acids is 1. The van der Waals surface area contributed by atoms with Gasteiger partial charge in [-0.25, -0.2) is 4.98 Å². The van der Waals surface area contributed by atoms with Crippen LogP contribution in [0.1, 0.15) is 62.3 Å². The quantitative estimate of drug-likeness (QED) is 0.0656. The minimum Gasteiger partial charge on any atom is -0.508 e. The lowest BCUT2D eigenvalue weighted by atomic mass is 9.79. The summed E-state index contributed by atoms with van der Waals surface area (Å²) >= 11 is 0. The van der Waals surface area contributed by atoms with Crippen LogP contribution in [0.25, 0.3) is 0 Å². The summed E-state index contributed by atoms with van der Waals surface area (Å²) in [5.41, 5.74) is 2.63. The topological polar surface area (TPSA) is 120 Å². The predicted octanol–water partition coefficient (Wildman–Crippen LogP) is 6.70. The van der Waals surface area contributed by atoms with Crippen LogP contribution in [-0.2, 0) is 26.2 Å². The maximum atomic E-state index is 12.7. The maximum Gasteiger partial charge on any atom is 0.316 e. The van der Waals surface area contributed by atoms with Gasteiger partial charge in [0.2, 0.25) is 0 Å². The number of anilines is 1. The molecule has 0 spiro atoms. The SMILES string of the molecule is CCN(CC)CCOCCOC(=O)C1(c2ccccc2)CCCC1.CNC[C@H](O)c1cccc(O)c1.COc1ccc(CN(CCN(C)C)c2ccccn2)cc1. The number of aromatic hydroxyl groups is 1. The lowest BCUT2D eigenvalue weighted by Crippen LogP contribution is -2.35. The van der Waals surface area contributed by atoms with Gasteiger partial charge in [0.25, 0.3) is 0 Å². The Morgan fingerprint density at radius 3 is 2.16 bits per heavy atom. The second-order valence-corrected chi connectivity index (χ2v) is 14.4. The van der Waals surface area contributed by atoms with Crippen LogP contribution in [0.15, 0.2) is 103 Å². The van der Waals surface area contributed by atoms with Gasteiger partial charge in [0.15, 0.2) is 0 Å². The lowest BCUT2D eigenvalue weighted by Gasteiger charge is -2.27. The molecule has 11 heteroatoms. The van der Waals surface area contributed by atoms with Crippen LogP contribution in [0, 0.1) is 0 Å². The molecule has 0 unspecified atom stereocenters. The van der Waals surface area contributed by atoms with Crippen LogP contribution >= 0.6 is 0 Å². The van der Waals surface area contributed by atoms with E-state index in [0.717, 1.165) is 87.6 Å². The number of hydrogen-bond acceptors (Lipinski definition) is 11. The number of rotatable bonds is 20. The van der Waals surface area contributed by atoms with E-state index < -0.39 is 11.5 Å². The first kappa shape index (κ1) is 46.9. The first-order valence-electron chi connectivity index (χ1n) is 20.2. The number of nitrogens with one attached hydrogen (secondary N) is 1. The Morgan fingerprint density at radius 1 is 0.860 bits per heavy atom. The monoisotopic (exact) mass is 786 g/mol. The van der Waals surface area contributed by atoms with E-state index in [-0.39, 0.29) is 11.7 Å². The number of esters is 1. The zero-order valence-corrected chi connectivity index (χ0v) is 35.1. The number of likely N-dealkylation sites (N-methyl/N-ethyl adjacent to an activating group) is 3. The van der Waals surface area contributed by atoms with Crippen molar-refractivity contribution in [2.24, 2.45) is 0 Å². The fourth-order valence-electron chi connectivity index (χ4n) is 6.64. The van der Waals surface area contributed by atoms with E-state index in [1.807, 2.05) is 60.8 Å². The van der Waals surface area contributed by atoms with Gasteiger partial charge in [-0.3, -0.25) is 4.79 Å². The number of nitrogens with zero attached hydrogens (tertiary/aromatic N) is 4. The third-order valence-corrected chi connectivity index (χ3v) is 10.1. The number of carbonyl (C=O) groups is 1. The van der Waals surface area contributed by atoms with E-state index >= 15 is 0 Å². The van der Waals surface area contributed by atoms with Crippen molar-refractivity contribution in [1.82, 2.24) is 20.1 Å². The zero-order valence-electron chi connectivity index (χ0n) is 35.1. The highest BCUT2D eigenvalue weighted by molar-refractivity contribution is 5.83. The molecule has 11 nitrogen and oxygen atoms in total. The van der Waals surface area contributed by atoms with Crippen molar-refractivity contribution in [3.05, 3.63) is 120 Å². The molecular weight excluding hydrogens is 719 g/mol. The van der Waals surface area contributed by atoms with Crippen LogP contribution in [0.4, 0.5) is 5.82 Å². The zero-order chi connectivity index (χ0) is 41.3. The van der Waals surface area contributed by atoms with Crippen LogP contribution in [-0.4, -0.2) is 118 Å². The molecule has 312 valence electrons. The van der Waals surface area contributed by atoms with Gasteiger partial charge in [-0.2, -0.15) is 0 Å². The Kier molecular flexibility index (Phi) is 21.7. The van der Waals surface area contributed by atoms with Gasteiger partial charge in [-0.1, -0.05) is 87.4 Å². The van der Waals surface area contributed by atoms with Crippen molar-refractivity contribution >= 4 is 11.8 Å². The van der Waals surface area contributed by atoms with E-state index in [4.69, 9.17) is 19.3 Å². The minimum atomic E-state index is -0.554. The molecule has 0 saturated heterocycles. The van der Waals surface area contributed by atoms with Gasteiger partial charge in [-0.15, -0.1) is 0 Å². The van der Waals surface area contributed by atoms with Crippen molar-refractivity contribution < 1.29 is 29.2 Å². The molecule has 57 heavy (non-hydrogen) atoms. The molecule has 0 amide bonds. The van der Waals surface area contributed by atoms with Gasteiger partial charge in [-0.05, 0) is 100 Å². The predicted molar refractivity (Wildman–Crippen MR) is 230 cm³/mol. The van der Waals surface area contributed by atoms with Gasteiger partial charge < -0.3 is 44.4 Å². The number of aliphatic hydroxyl groups excluding tert-OH is 1. The second-order valence-electron chi connectivity index (χ2n) is 14.4. The molecule has 4 aromatic rings. The fourth-order valence-corrected chi connectivity index (χ4v) is 6.64. The van der Waals surface area contributed by atoms with E-state index in [0.29, 0.717) is 26.4 Å². The van der Waals surface area contributed by atoms with E-state index in [1.54, 1.807) is 38.4 Å². The molecule has 5 rings (SSSR count). The second kappa shape index (κ2) is 26.4. The van der Waals surface area contributed by atoms with Gasteiger partial charge in [0.05, 0.1) is 31.8 Å². The third-order valence-electron chi connectivity index (χ3n) is 10.1. The summed E-state index contributed by atoms with van der Waals surface area (Å²) in [5.74, 6) is 1.99. The van der Waals surface area contributed by atoms with Crippen LogP contribution < -0.4 is 15.0 Å². The summed E-state index contributed by atoms with van der Waals surface area (Å²) in [6.07, 6.45) is 5.24. The number of methoxy groups -OCH3 is 1. The summed E-state index contributed by atoms with van der Waals surface area (Å²) in [6.45, 7) is 12.1. The Balaban J connectivity index is 0.000000241. The maximum absolute atomic E-state index is 12.7. The first-order valence-corrected chi connectivity index (χ1v) is 20.2. The lowest BCUT2D eigenvalue weighted by molar-refractivity contribution is -0.152. The number of aromatic nitrogens is 1. The highest BCUT2D eigenvalue weighted by atomic mass is 16.6. The highest BCUT2D eigenvalue weighted by Gasteiger charge is 2.44. The number of ether oxygens (including phenoxy) is 3. The van der Waals surface area contributed by atoms with Crippen molar-refractivity contribution in [2.45, 2.75) is 57.6 Å². The van der Waals surface area contributed by atoms with Crippen molar-refractivity contribution in [3.8, 4) is 11.5 Å². The molecule has 1 fully saturated rings. The largest absolute Gasteiger partial charge is 0.508 e.